The molecule has 0 unspecified atom stereocenters. The molecule has 0 spiro atoms. The van der Waals surface area contributed by atoms with Crippen LogP contribution in [0.15, 0.2) is 18.2 Å². The van der Waals surface area contributed by atoms with Crippen LogP contribution in [-0.4, -0.2) is 31.6 Å². The van der Waals surface area contributed by atoms with E-state index in [1.54, 1.807) is 4.90 Å². The van der Waals surface area contributed by atoms with Crippen molar-refractivity contribution in [1.82, 2.24) is 5.32 Å². The number of benzene rings is 1. The third-order valence-corrected chi connectivity index (χ3v) is 3.45. The van der Waals surface area contributed by atoms with Crippen molar-refractivity contribution in [3.05, 3.63) is 23.8 Å². The first-order valence-corrected chi connectivity index (χ1v) is 7.34. The molecule has 0 radical (unpaired) electrons. The van der Waals surface area contributed by atoms with Gasteiger partial charge in [-0.1, -0.05) is 6.07 Å². The third-order valence-electron chi connectivity index (χ3n) is 3.45. The second-order valence-corrected chi connectivity index (χ2v) is 5.02. The maximum atomic E-state index is 12.0. The topological polar surface area (TPSA) is 87.5 Å². The largest absolute Gasteiger partial charge is 0.338 e. The molecule has 1 aliphatic heterocycles. The Morgan fingerprint density at radius 3 is 2.82 bits per heavy atom. The van der Waals surface area contributed by atoms with Crippen molar-refractivity contribution in [2.24, 2.45) is 5.73 Å². The van der Waals surface area contributed by atoms with Crippen LogP contribution in [0.25, 0.3) is 0 Å². The molecule has 1 heterocycles. The van der Waals surface area contributed by atoms with Crippen LogP contribution < -0.4 is 21.3 Å². The Kier molecular flexibility index (Phi) is 7.14. The van der Waals surface area contributed by atoms with Gasteiger partial charge in [-0.25, -0.2) is 4.79 Å². The molecule has 4 N–H and O–H groups in total. The molecule has 0 saturated heterocycles. The SMILES string of the molecule is CCNC(=O)N1CCc2ccc(NC(=O)CCCN)cc21.Cl. The van der Waals surface area contributed by atoms with Crippen molar-refractivity contribution >= 4 is 35.7 Å². The molecule has 0 fully saturated rings. The van der Waals surface area contributed by atoms with Gasteiger partial charge in [0.25, 0.3) is 0 Å². The molecule has 0 aromatic heterocycles. The predicted molar refractivity (Wildman–Crippen MR) is 90.7 cm³/mol. The van der Waals surface area contributed by atoms with Crippen molar-refractivity contribution < 1.29 is 9.59 Å². The number of urea groups is 1. The van der Waals surface area contributed by atoms with E-state index in [0.717, 1.165) is 17.7 Å². The summed E-state index contributed by atoms with van der Waals surface area (Å²) in [5.74, 6) is -0.0528. The molecule has 0 bridgehead atoms. The molecule has 1 aliphatic rings. The van der Waals surface area contributed by atoms with E-state index >= 15 is 0 Å². The van der Waals surface area contributed by atoms with Crippen LogP contribution in [0.2, 0.25) is 0 Å². The number of rotatable bonds is 5. The Bertz CT molecular complexity index is 536. The van der Waals surface area contributed by atoms with Crippen LogP contribution in [0.4, 0.5) is 16.2 Å². The fourth-order valence-corrected chi connectivity index (χ4v) is 2.40. The van der Waals surface area contributed by atoms with E-state index in [1.165, 1.54) is 0 Å². The third kappa shape index (κ3) is 4.35. The Morgan fingerprint density at radius 1 is 1.36 bits per heavy atom. The lowest BCUT2D eigenvalue weighted by atomic mass is 10.1. The molecule has 2 rings (SSSR count). The zero-order valence-electron chi connectivity index (χ0n) is 12.7. The van der Waals surface area contributed by atoms with Gasteiger partial charge in [-0.3, -0.25) is 9.69 Å². The van der Waals surface area contributed by atoms with Gasteiger partial charge in [0.1, 0.15) is 0 Å². The highest BCUT2D eigenvalue weighted by Gasteiger charge is 2.24. The van der Waals surface area contributed by atoms with Crippen molar-refractivity contribution in [1.29, 1.82) is 0 Å². The number of anilines is 2. The number of hydrogen-bond donors (Lipinski definition) is 3. The van der Waals surface area contributed by atoms with Gasteiger partial charge in [0.05, 0.1) is 5.69 Å². The summed E-state index contributed by atoms with van der Waals surface area (Å²) >= 11 is 0. The maximum Gasteiger partial charge on any atom is 0.321 e. The second-order valence-electron chi connectivity index (χ2n) is 5.02. The molecule has 122 valence electrons. The van der Waals surface area contributed by atoms with Crippen LogP contribution in [-0.2, 0) is 11.2 Å². The van der Waals surface area contributed by atoms with Gasteiger partial charge in [0.2, 0.25) is 5.91 Å². The second kappa shape index (κ2) is 8.60. The molecule has 0 aliphatic carbocycles. The number of fused-ring (bicyclic) bond motifs is 1. The van der Waals surface area contributed by atoms with Crippen LogP contribution in [0, 0.1) is 0 Å². The molecule has 22 heavy (non-hydrogen) atoms. The number of nitrogens with two attached hydrogens (primary N) is 1. The zero-order valence-corrected chi connectivity index (χ0v) is 13.5. The first kappa shape index (κ1) is 18.3. The fourth-order valence-electron chi connectivity index (χ4n) is 2.40. The van der Waals surface area contributed by atoms with Crippen LogP contribution in [0.1, 0.15) is 25.3 Å². The van der Waals surface area contributed by atoms with E-state index in [1.807, 2.05) is 25.1 Å². The summed E-state index contributed by atoms with van der Waals surface area (Å²) in [5.41, 5.74) is 8.11. The number of nitrogens with one attached hydrogen (secondary N) is 2. The van der Waals surface area contributed by atoms with Crippen LogP contribution >= 0.6 is 12.4 Å². The lowest BCUT2D eigenvalue weighted by Gasteiger charge is -2.18. The molecular formula is C15H23ClN4O2. The van der Waals surface area contributed by atoms with E-state index in [9.17, 15) is 9.59 Å². The van der Waals surface area contributed by atoms with E-state index < -0.39 is 0 Å². The minimum Gasteiger partial charge on any atom is -0.338 e. The summed E-state index contributed by atoms with van der Waals surface area (Å²) in [6.45, 7) is 3.66. The molecular weight excluding hydrogens is 304 g/mol. The first-order chi connectivity index (χ1) is 10.2. The molecule has 1 aromatic rings. The van der Waals surface area contributed by atoms with Gasteiger partial charge in [-0.05, 0) is 44.0 Å². The summed E-state index contributed by atoms with van der Waals surface area (Å²) in [6.07, 6.45) is 1.92. The lowest BCUT2D eigenvalue weighted by molar-refractivity contribution is -0.116. The van der Waals surface area contributed by atoms with E-state index in [-0.39, 0.29) is 24.3 Å². The minimum atomic E-state index is -0.0946. The molecule has 0 atom stereocenters. The Labute approximate surface area is 136 Å². The number of carbonyl (C=O) groups is 2. The predicted octanol–water partition coefficient (Wildman–Crippen LogP) is 1.88. The first-order valence-electron chi connectivity index (χ1n) is 7.34. The zero-order chi connectivity index (χ0) is 15.2. The summed E-state index contributed by atoms with van der Waals surface area (Å²) in [6, 6.07) is 5.61. The van der Waals surface area contributed by atoms with E-state index in [2.05, 4.69) is 10.6 Å². The number of carbonyl (C=O) groups excluding carboxylic acids is 2. The Balaban J connectivity index is 0.00000242. The van der Waals surface area contributed by atoms with Crippen molar-refractivity contribution in [3.63, 3.8) is 0 Å². The fraction of sp³-hybridized carbons (Fsp3) is 0.467. The molecule has 0 saturated carbocycles. The normalized spacial score (nSPS) is 12.4. The van der Waals surface area contributed by atoms with Gasteiger partial charge in [0.15, 0.2) is 0 Å². The van der Waals surface area contributed by atoms with Gasteiger partial charge in [-0.15, -0.1) is 12.4 Å². The van der Waals surface area contributed by atoms with E-state index in [0.29, 0.717) is 38.2 Å². The summed E-state index contributed by atoms with van der Waals surface area (Å²) in [5, 5.41) is 5.65. The van der Waals surface area contributed by atoms with Crippen molar-refractivity contribution in [2.75, 3.05) is 29.9 Å². The highest BCUT2D eigenvalue weighted by molar-refractivity contribution is 5.96. The molecule has 3 amide bonds. The number of hydrogen-bond acceptors (Lipinski definition) is 3. The standard InChI is InChI=1S/C15H22N4O2.ClH/c1-2-17-15(21)19-9-7-11-5-6-12(10-13(11)19)18-14(20)4-3-8-16;/h5-6,10H,2-4,7-9,16H2,1H3,(H,17,21)(H,18,20);1H. The van der Waals surface area contributed by atoms with Crippen LogP contribution in [0.5, 0.6) is 0 Å². The van der Waals surface area contributed by atoms with E-state index in [4.69, 9.17) is 5.73 Å². The van der Waals surface area contributed by atoms with Gasteiger partial charge in [0, 0.05) is 25.2 Å². The van der Waals surface area contributed by atoms with Crippen LogP contribution in [0.3, 0.4) is 0 Å². The average molecular weight is 327 g/mol. The maximum absolute atomic E-state index is 12.0. The highest BCUT2D eigenvalue weighted by atomic mass is 35.5. The smallest absolute Gasteiger partial charge is 0.321 e. The Morgan fingerprint density at radius 2 is 2.14 bits per heavy atom. The summed E-state index contributed by atoms with van der Waals surface area (Å²) in [7, 11) is 0. The van der Waals surface area contributed by atoms with Gasteiger partial charge in [-0.2, -0.15) is 0 Å². The monoisotopic (exact) mass is 326 g/mol. The number of halogens is 1. The molecule has 6 nitrogen and oxygen atoms in total. The quantitative estimate of drug-likeness (QED) is 0.772. The summed E-state index contributed by atoms with van der Waals surface area (Å²) < 4.78 is 0. The average Bonchev–Trinajstić information content (AvgIpc) is 2.88. The lowest BCUT2D eigenvalue weighted by Crippen LogP contribution is -2.38. The number of amides is 3. The van der Waals surface area contributed by atoms with Gasteiger partial charge < -0.3 is 16.4 Å². The highest BCUT2D eigenvalue weighted by Crippen LogP contribution is 2.30. The molecule has 1 aromatic carbocycles. The van der Waals surface area contributed by atoms with Gasteiger partial charge >= 0.3 is 6.03 Å². The number of nitrogens with zero attached hydrogens (tertiary/aromatic N) is 1. The molecule has 7 heteroatoms. The Hall–Kier alpha value is -1.79. The minimum absolute atomic E-state index is 0. The van der Waals surface area contributed by atoms with Crippen molar-refractivity contribution in [2.45, 2.75) is 26.2 Å². The summed E-state index contributed by atoms with van der Waals surface area (Å²) in [4.78, 5) is 25.4. The van der Waals surface area contributed by atoms with Crippen molar-refractivity contribution in [3.8, 4) is 0 Å².